The number of ether oxygens (including phenoxy) is 1. The third-order valence-corrected chi connectivity index (χ3v) is 4.04. The Labute approximate surface area is 133 Å². The number of likely N-dealkylation sites (N-methyl/N-ethyl adjacent to an activating group) is 1. The number of rotatable bonds is 9. The van der Waals surface area contributed by atoms with Crippen LogP contribution >= 0.6 is 11.8 Å². The molecule has 0 saturated heterocycles. The smallest absolute Gasteiger partial charge is 0.114 e. The van der Waals surface area contributed by atoms with Crippen LogP contribution in [0.1, 0.15) is 25.8 Å². The van der Waals surface area contributed by atoms with Gasteiger partial charge in [0.05, 0.1) is 7.11 Å². The van der Waals surface area contributed by atoms with Crippen LogP contribution in [0, 0.1) is 0 Å². The van der Waals surface area contributed by atoms with Gasteiger partial charge in [0, 0.05) is 18.0 Å². The summed E-state index contributed by atoms with van der Waals surface area (Å²) in [5.74, 6) is 0.942. The van der Waals surface area contributed by atoms with Crippen molar-refractivity contribution in [3.8, 4) is 0 Å². The lowest BCUT2D eigenvalue weighted by Gasteiger charge is -2.18. The molecule has 21 heavy (non-hydrogen) atoms. The molecular weight excluding hydrogens is 278 g/mol. The van der Waals surface area contributed by atoms with Crippen LogP contribution in [0.25, 0.3) is 0 Å². The zero-order chi connectivity index (χ0) is 15.5. The lowest BCUT2D eigenvalue weighted by atomic mass is 10.2. The van der Waals surface area contributed by atoms with Gasteiger partial charge in [0.25, 0.3) is 0 Å². The Morgan fingerprint density at radius 3 is 2.48 bits per heavy atom. The normalized spacial score (nSPS) is 12.3. The van der Waals surface area contributed by atoms with Gasteiger partial charge in [-0.3, -0.25) is 4.90 Å². The van der Waals surface area contributed by atoms with Gasteiger partial charge in [0.1, 0.15) is 5.76 Å². The van der Waals surface area contributed by atoms with Crippen LogP contribution in [0.2, 0.25) is 0 Å². The molecule has 0 amide bonds. The van der Waals surface area contributed by atoms with Gasteiger partial charge in [-0.2, -0.15) is 0 Å². The summed E-state index contributed by atoms with van der Waals surface area (Å²) in [5.41, 5.74) is 1.36. The zero-order valence-corrected chi connectivity index (χ0v) is 14.5. The molecule has 0 aliphatic carbocycles. The Morgan fingerprint density at radius 2 is 1.95 bits per heavy atom. The van der Waals surface area contributed by atoms with Gasteiger partial charge >= 0.3 is 0 Å². The molecule has 0 aliphatic rings. The summed E-state index contributed by atoms with van der Waals surface area (Å²) in [6.07, 6.45) is 9.42. The molecule has 116 valence electrons. The van der Waals surface area contributed by atoms with Crippen molar-refractivity contribution in [1.29, 1.82) is 0 Å². The second-order valence-corrected chi connectivity index (χ2v) is 5.68. The fraction of sp³-hybridized carbons (Fsp3) is 0.444. The maximum atomic E-state index is 5.30. The summed E-state index contributed by atoms with van der Waals surface area (Å²) in [6.45, 7) is 7.27. The standard InChI is InChI=1S/C18H27NOS/c1-5-8-17(20-3)9-7-14-19(6-2)15-16-10-12-18(21-4)13-11-16/h7-13H,5-6,14-15H2,1-4H3/b9-7-,17-8+. The molecule has 1 aromatic rings. The summed E-state index contributed by atoms with van der Waals surface area (Å²) >= 11 is 1.78. The molecule has 0 fully saturated rings. The van der Waals surface area contributed by atoms with Crippen LogP contribution in [0.4, 0.5) is 0 Å². The first-order valence-electron chi connectivity index (χ1n) is 7.49. The predicted molar refractivity (Wildman–Crippen MR) is 93.7 cm³/mol. The number of hydrogen-bond acceptors (Lipinski definition) is 3. The summed E-state index contributed by atoms with van der Waals surface area (Å²) in [6, 6.07) is 8.82. The van der Waals surface area contributed by atoms with Gasteiger partial charge in [-0.05, 0) is 49.1 Å². The minimum atomic E-state index is 0.936. The van der Waals surface area contributed by atoms with Crippen molar-refractivity contribution in [3.63, 3.8) is 0 Å². The summed E-state index contributed by atoms with van der Waals surface area (Å²) in [5, 5.41) is 0. The molecule has 0 bridgehead atoms. The maximum absolute atomic E-state index is 5.30. The fourth-order valence-electron chi connectivity index (χ4n) is 2.03. The molecular formula is C18H27NOS. The molecule has 0 N–H and O–H groups in total. The Bertz CT molecular complexity index is 451. The second kappa shape index (κ2) is 10.5. The molecule has 0 spiro atoms. The third kappa shape index (κ3) is 6.87. The van der Waals surface area contributed by atoms with E-state index in [4.69, 9.17) is 4.74 Å². The van der Waals surface area contributed by atoms with E-state index in [0.29, 0.717) is 0 Å². The fourth-order valence-corrected chi connectivity index (χ4v) is 2.44. The molecule has 0 unspecified atom stereocenters. The Morgan fingerprint density at radius 1 is 1.24 bits per heavy atom. The van der Waals surface area contributed by atoms with E-state index in [-0.39, 0.29) is 0 Å². The van der Waals surface area contributed by atoms with Crippen molar-refractivity contribution >= 4 is 11.8 Å². The number of benzene rings is 1. The van der Waals surface area contributed by atoms with Crippen molar-refractivity contribution in [1.82, 2.24) is 4.90 Å². The van der Waals surface area contributed by atoms with Crippen molar-refractivity contribution in [2.75, 3.05) is 26.5 Å². The minimum Gasteiger partial charge on any atom is -0.497 e. The number of allylic oxidation sites excluding steroid dienone is 2. The molecule has 0 atom stereocenters. The minimum absolute atomic E-state index is 0.936. The monoisotopic (exact) mass is 305 g/mol. The molecule has 0 aliphatic heterocycles. The van der Waals surface area contributed by atoms with E-state index in [2.05, 4.69) is 67.5 Å². The Balaban J connectivity index is 2.54. The van der Waals surface area contributed by atoms with E-state index in [1.54, 1.807) is 18.9 Å². The molecule has 0 heterocycles. The van der Waals surface area contributed by atoms with Gasteiger partial charge in [-0.15, -0.1) is 11.8 Å². The van der Waals surface area contributed by atoms with Gasteiger partial charge in [0.15, 0.2) is 0 Å². The lowest BCUT2D eigenvalue weighted by molar-refractivity contribution is 0.300. The van der Waals surface area contributed by atoms with Crippen LogP contribution in [0.5, 0.6) is 0 Å². The van der Waals surface area contributed by atoms with E-state index >= 15 is 0 Å². The van der Waals surface area contributed by atoms with Gasteiger partial charge < -0.3 is 4.74 Å². The quantitative estimate of drug-likeness (QED) is 0.372. The number of thioether (sulfide) groups is 1. The first-order chi connectivity index (χ1) is 10.2. The van der Waals surface area contributed by atoms with Crippen LogP contribution in [0.15, 0.2) is 53.1 Å². The summed E-state index contributed by atoms with van der Waals surface area (Å²) in [7, 11) is 1.72. The SMILES string of the molecule is CC/C=C(\C=C/CN(CC)Cc1ccc(SC)cc1)OC. The largest absolute Gasteiger partial charge is 0.497 e. The Hall–Kier alpha value is -1.19. The molecule has 0 saturated carbocycles. The highest BCUT2D eigenvalue weighted by Crippen LogP contribution is 2.15. The second-order valence-electron chi connectivity index (χ2n) is 4.80. The van der Waals surface area contributed by atoms with E-state index in [1.807, 2.05) is 0 Å². The average molecular weight is 305 g/mol. The summed E-state index contributed by atoms with van der Waals surface area (Å²) in [4.78, 5) is 3.72. The molecule has 1 rings (SSSR count). The van der Waals surface area contributed by atoms with Crippen LogP contribution in [-0.2, 0) is 11.3 Å². The molecule has 0 radical (unpaired) electrons. The van der Waals surface area contributed by atoms with E-state index < -0.39 is 0 Å². The number of hydrogen-bond donors (Lipinski definition) is 0. The molecule has 1 aromatic carbocycles. The highest BCUT2D eigenvalue weighted by molar-refractivity contribution is 7.98. The van der Waals surface area contributed by atoms with Gasteiger partial charge in [-0.25, -0.2) is 0 Å². The van der Waals surface area contributed by atoms with Gasteiger partial charge in [0.2, 0.25) is 0 Å². The maximum Gasteiger partial charge on any atom is 0.114 e. The van der Waals surface area contributed by atoms with Crippen LogP contribution in [0.3, 0.4) is 0 Å². The van der Waals surface area contributed by atoms with Crippen molar-refractivity contribution in [3.05, 3.63) is 53.8 Å². The Kier molecular flexibility index (Phi) is 8.95. The van der Waals surface area contributed by atoms with Crippen molar-refractivity contribution in [2.45, 2.75) is 31.7 Å². The number of nitrogens with zero attached hydrogens (tertiary/aromatic N) is 1. The van der Waals surface area contributed by atoms with Crippen LogP contribution in [-0.4, -0.2) is 31.4 Å². The topological polar surface area (TPSA) is 12.5 Å². The third-order valence-electron chi connectivity index (χ3n) is 3.30. The first-order valence-corrected chi connectivity index (χ1v) is 8.71. The first kappa shape index (κ1) is 17.9. The number of methoxy groups -OCH3 is 1. The van der Waals surface area contributed by atoms with Crippen LogP contribution < -0.4 is 0 Å². The molecule has 2 nitrogen and oxygen atoms in total. The molecule has 0 aromatic heterocycles. The predicted octanol–water partition coefficient (Wildman–Crippen LogP) is 4.73. The van der Waals surface area contributed by atoms with Gasteiger partial charge in [-0.1, -0.05) is 32.1 Å². The van der Waals surface area contributed by atoms with E-state index in [9.17, 15) is 0 Å². The lowest BCUT2D eigenvalue weighted by Crippen LogP contribution is -2.22. The zero-order valence-electron chi connectivity index (χ0n) is 13.6. The molecule has 3 heteroatoms. The van der Waals surface area contributed by atoms with E-state index in [0.717, 1.165) is 31.8 Å². The van der Waals surface area contributed by atoms with E-state index in [1.165, 1.54) is 10.5 Å². The average Bonchev–Trinajstić information content (AvgIpc) is 2.53. The van der Waals surface area contributed by atoms with Crippen molar-refractivity contribution in [2.24, 2.45) is 0 Å². The highest BCUT2D eigenvalue weighted by Gasteiger charge is 2.02. The van der Waals surface area contributed by atoms with Crippen molar-refractivity contribution < 1.29 is 4.74 Å². The highest BCUT2D eigenvalue weighted by atomic mass is 32.2. The summed E-state index contributed by atoms with van der Waals surface area (Å²) < 4.78 is 5.30.